The zero-order chi connectivity index (χ0) is 19.2. The summed E-state index contributed by atoms with van der Waals surface area (Å²) in [5.74, 6) is 0.660. The van der Waals surface area contributed by atoms with Gasteiger partial charge in [0.15, 0.2) is 0 Å². The van der Waals surface area contributed by atoms with Crippen molar-refractivity contribution < 1.29 is 14.3 Å². The number of likely N-dealkylation sites (tertiary alicyclic amines) is 1. The van der Waals surface area contributed by atoms with Crippen molar-refractivity contribution in [1.29, 1.82) is 0 Å². The van der Waals surface area contributed by atoms with E-state index in [1.165, 1.54) is 0 Å². The molecule has 0 saturated carbocycles. The summed E-state index contributed by atoms with van der Waals surface area (Å²) in [6, 6.07) is 16.4. The number of amides is 2. The summed E-state index contributed by atoms with van der Waals surface area (Å²) in [6.45, 7) is 1.50. The number of carbonyl (C=O) groups is 2. The lowest BCUT2D eigenvalue weighted by molar-refractivity contribution is -0.134. The van der Waals surface area contributed by atoms with Gasteiger partial charge >= 0.3 is 0 Å². The van der Waals surface area contributed by atoms with E-state index in [0.717, 1.165) is 16.6 Å². The quantitative estimate of drug-likeness (QED) is 0.703. The number of hydrogen-bond donors (Lipinski definition) is 0. The molecule has 1 saturated heterocycles. The topological polar surface area (TPSA) is 49.9 Å². The monoisotopic (exact) mass is 430 g/mol. The predicted molar refractivity (Wildman–Crippen MR) is 108 cm³/mol. The molecule has 0 spiro atoms. The van der Waals surface area contributed by atoms with Crippen LogP contribution in [0.2, 0.25) is 0 Å². The van der Waals surface area contributed by atoms with Crippen LogP contribution in [0.15, 0.2) is 59.1 Å². The van der Waals surface area contributed by atoms with Crippen LogP contribution < -0.4 is 4.74 Å². The van der Waals surface area contributed by atoms with E-state index < -0.39 is 6.04 Å². The Morgan fingerprint density at radius 2 is 1.85 bits per heavy atom. The molecular formula is C21H23BrN2O3. The lowest BCUT2D eigenvalue weighted by Gasteiger charge is -2.28. The van der Waals surface area contributed by atoms with Crippen LogP contribution in [0.4, 0.5) is 0 Å². The number of ether oxygens (including phenoxy) is 1. The van der Waals surface area contributed by atoms with Gasteiger partial charge in [0.1, 0.15) is 18.4 Å². The highest BCUT2D eigenvalue weighted by Crippen LogP contribution is 2.22. The Bertz CT molecular complexity index is 780. The number of halogens is 1. The molecule has 2 aromatic carbocycles. The third-order valence-corrected chi connectivity index (χ3v) is 5.23. The zero-order valence-corrected chi connectivity index (χ0v) is 16.9. The van der Waals surface area contributed by atoms with E-state index in [1.54, 1.807) is 29.0 Å². The van der Waals surface area contributed by atoms with Gasteiger partial charge in [-0.1, -0.05) is 34.1 Å². The molecule has 1 unspecified atom stereocenters. The molecule has 6 heteroatoms. The van der Waals surface area contributed by atoms with Crippen LogP contribution in [0.5, 0.6) is 5.75 Å². The van der Waals surface area contributed by atoms with E-state index in [0.29, 0.717) is 31.7 Å². The van der Waals surface area contributed by atoms with Crippen LogP contribution in [-0.2, 0) is 4.79 Å². The first-order chi connectivity index (χ1) is 13.1. The maximum Gasteiger partial charge on any atom is 0.254 e. The predicted octanol–water partition coefficient (Wildman–Crippen LogP) is 3.59. The number of carbonyl (C=O) groups excluding carboxylic acids is 2. The molecule has 1 atom stereocenters. The van der Waals surface area contributed by atoms with E-state index in [9.17, 15) is 9.59 Å². The normalized spacial score (nSPS) is 16.2. The van der Waals surface area contributed by atoms with Crippen LogP contribution in [0, 0.1) is 0 Å². The Kier molecular flexibility index (Phi) is 6.50. The number of rotatable bonds is 6. The van der Waals surface area contributed by atoms with Crippen LogP contribution in [0.25, 0.3) is 0 Å². The van der Waals surface area contributed by atoms with Crippen LogP contribution in [0.1, 0.15) is 23.2 Å². The molecule has 1 aliphatic heterocycles. The van der Waals surface area contributed by atoms with Crippen molar-refractivity contribution in [1.82, 2.24) is 9.80 Å². The minimum atomic E-state index is -0.400. The Labute approximate surface area is 168 Å². The van der Waals surface area contributed by atoms with E-state index in [2.05, 4.69) is 15.9 Å². The average molecular weight is 431 g/mol. The molecule has 142 valence electrons. The smallest absolute Gasteiger partial charge is 0.254 e. The largest absolute Gasteiger partial charge is 0.492 e. The number of nitrogens with zero attached hydrogens (tertiary/aromatic N) is 2. The summed E-state index contributed by atoms with van der Waals surface area (Å²) in [5.41, 5.74) is 0.605. The molecular weight excluding hydrogens is 408 g/mol. The van der Waals surface area contributed by atoms with Gasteiger partial charge in [0, 0.05) is 23.6 Å². The van der Waals surface area contributed by atoms with E-state index in [-0.39, 0.29) is 11.8 Å². The molecule has 2 amide bonds. The van der Waals surface area contributed by atoms with Gasteiger partial charge in [-0.05, 0) is 49.2 Å². The molecule has 0 N–H and O–H groups in total. The molecule has 0 bridgehead atoms. The average Bonchev–Trinajstić information content (AvgIpc) is 3.18. The molecule has 1 heterocycles. The van der Waals surface area contributed by atoms with Crippen molar-refractivity contribution in [3.63, 3.8) is 0 Å². The van der Waals surface area contributed by atoms with Crippen LogP contribution in [-0.4, -0.2) is 54.4 Å². The Hall–Kier alpha value is -2.34. The van der Waals surface area contributed by atoms with Crippen molar-refractivity contribution in [2.45, 2.75) is 18.9 Å². The minimum absolute atomic E-state index is 0.0328. The standard InChI is InChI=1S/C21H23BrN2O3/c1-23(14-15-27-18-6-3-2-4-7-18)21(26)19-8-5-13-24(19)20(25)16-9-11-17(22)12-10-16/h2-4,6-7,9-12,19H,5,8,13-15H2,1H3. The minimum Gasteiger partial charge on any atom is -0.492 e. The second-order valence-electron chi connectivity index (χ2n) is 6.58. The second kappa shape index (κ2) is 9.04. The summed E-state index contributed by atoms with van der Waals surface area (Å²) in [7, 11) is 1.76. The highest BCUT2D eigenvalue weighted by molar-refractivity contribution is 9.10. The van der Waals surface area contributed by atoms with Gasteiger partial charge in [-0.3, -0.25) is 9.59 Å². The Morgan fingerprint density at radius 3 is 2.56 bits per heavy atom. The number of hydrogen-bond acceptors (Lipinski definition) is 3. The van der Waals surface area contributed by atoms with Crippen LogP contribution >= 0.6 is 15.9 Å². The number of likely N-dealkylation sites (N-methyl/N-ethyl adjacent to an activating group) is 1. The molecule has 0 aromatic heterocycles. The summed E-state index contributed by atoms with van der Waals surface area (Å²) in [4.78, 5) is 29.0. The van der Waals surface area contributed by atoms with Gasteiger partial charge < -0.3 is 14.5 Å². The van der Waals surface area contributed by atoms with E-state index in [4.69, 9.17) is 4.74 Å². The van der Waals surface area contributed by atoms with Crippen molar-refractivity contribution in [3.05, 3.63) is 64.6 Å². The van der Waals surface area contributed by atoms with Gasteiger partial charge in [-0.2, -0.15) is 0 Å². The van der Waals surface area contributed by atoms with Gasteiger partial charge in [-0.15, -0.1) is 0 Å². The fraction of sp³-hybridized carbons (Fsp3) is 0.333. The molecule has 27 heavy (non-hydrogen) atoms. The molecule has 2 aromatic rings. The van der Waals surface area contributed by atoms with Crippen molar-refractivity contribution in [3.8, 4) is 5.75 Å². The fourth-order valence-corrected chi connectivity index (χ4v) is 3.47. The molecule has 0 aliphatic carbocycles. The number of benzene rings is 2. The zero-order valence-electron chi connectivity index (χ0n) is 15.3. The van der Waals surface area contributed by atoms with Crippen LogP contribution in [0.3, 0.4) is 0 Å². The first-order valence-electron chi connectivity index (χ1n) is 9.05. The molecule has 3 rings (SSSR count). The SMILES string of the molecule is CN(CCOc1ccccc1)C(=O)C1CCCN1C(=O)c1ccc(Br)cc1. The van der Waals surface area contributed by atoms with Crippen molar-refractivity contribution in [2.75, 3.05) is 26.7 Å². The second-order valence-corrected chi connectivity index (χ2v) is 7.50. The van der Waals surface area contributed by atoms with Gasteiger partial charge in [0.25, 0.3) is 5.91 Å². The summed E-state index contributed by atoms with van der Waals surface area (Å²) in [5, 5.41) is 0. The molecule has 1 fully saturated rings. The van der Waals surface area contributed by atoms with Gasteiger partial charge in [0.2, 0.25) is 5.91 Å². The summed E-state index contributed by atoms with van der Waals surface area (Å²) < 4.78 is 6.59. The Balaban J connectivity index is 1.57. The number of para-hydroxylation sites is 1. The van der Waals surface area contributed by atoms with E-state index in [1.807, 2.05) is 42.5 Å². The lowest BCUT2D eigenvalue weighted by Crippen LogP contribution is -2.47. The molecule has 5 nitrogen and oxygen atoms in total. The summed E-state index contributed by atoms with van der Waals surface area (Å²) >= 11 is 3.38. The molecule has 1 aliphatic rings. The molecule has 0 radical (unpaired) electrons. The first-order valence-corrected chi connectivity index (χ1v) is 9.85. The Morgan fingerprint density at radius 1 is 1.15 bits per heavy atom. The van der Waals surface area contributed by atoms with Crippen molar-refractivity contribution >= 4 is 27.7 Å². The highest BCUT2D eigenvalue weighted by atomic mass is 79.9. The third-order valence-electron chi connectivity index (χ3n) is 4.70. The highest BCUT2D eigenvalue weighted by Gasteiger charge is 2.35. The lowest BCUT2D eigenvalue weighted by atomic mass is 10.1. The van der Waals surface area contributed by atoms with Crippen molar-refractivity contribution in [2.24, 2.45) is 0 Å². The fourth-order valence-electron chi connectivity index (χ4n) is 3.21. The first kappa shape index (κ1) is 19.4. The summed E-state index contributed by atoms with van der Waals surface area (Å²) in [6.07, 6.45) is 1.54. The van der Waals surface area contributed by atoms with E-state index >= 15 is 0 Å². The maximum absolute atomic E-state index is 12.9. The van der Waals surface area contributed by atoms with Gasteiger partial charge in [-0.25, -0.2) is 0 Å². The third kappa shape index (κ3) is 4.89. The maximum atomic E-state index is 12.9. The van der Waals surface area contributed by atoms with Gasteiger partial charge in [0.05, 0.1) is 6.54 Å².